The predicted octanol–water partition coefficient (Wildman–Crippen LogP) is 2.21. The lowest BCUT2D eigenvalue weighted by atomic mass is 10.2. The summed E-state index contributed by atoms with van der Waals surface area (Å²) < 4.78 is 6.96. The molecule has 0 atom stereocenters. The van der Waals surface area contributed by atoms with Gasteiger partial charge in [0.2, 0.25) is 5.91 Å². The lowest BCUT2D eigenvalue weighted by Gasteiger charge is -2.36. The molecular weight excluding hydrogens is 376 g/mol. The number of piperazine rings is 1. The molecule has 1 amide bonds. The second kappa shape index (κ2) is 8.02. The van der Waals surface area contributed by atoms with Crippen LogP contribution >= 0.6 is 11.3 Å². The number of benzene rings is 1. The predicted molar refractivity (Wildman–Crippen MR) is 110 cm³/mol. The lowest BCUT2D eigenvalue weighted by Crippen LogP contribution is -2.49. The van der Waals surface area contributed by atoms with Gasteiger partial charge in [0.15, 0.2) is 0 Å². The number of carbonyl (C=O) groups excluding carboxylic acids is 1. The van der Waals surface area contributed by atoms with E-state index in [1.165, 1.54) is 22.2 Å². The highest BCUT2D eigenvalue weighted by atomic mass is 32.1. The average Bonchev–Trinajstić information content (AvgIpc) is 3.23. The lowest BCUT2D eigenvalue weighted by molar-refractivity contribution is -0.131. The zero-order valence-corrected chi connectivity index (χ0v) is 16.5. The van der Waals surface area contributed by atoms with E-state index < -0.39 is 0 Å². The molecule has 3 aromatic rings. The first kappa shape index (κ1) is 18.5. The maximum Gasteiger partial charge on any atom is 0.262 e. The first-order valence-electron chi connectivity index (χ1n) is 9.26. The zero-order chi connectivity index (χ0) is 19.5. The topological polar surface area (TPSA) is 67.7 Å². The molecule has 2 aromatic heterocycles. The molecule has 1 aliphatic rings. The average molecular weight is 398 g/mol. The van der Waals surface area contributed by atoms with Crippen LogP contribution in [-0.2, 0) is 11.3 Å². The quantitative estimate of drug-likeness (QED) is 0.659. The molecule has 0 spiro atoms. The van der Waals surface area contributed by atoms with Gasteiger partial charge in [-0.3, -0.25) is 14.2 Å². The van der Waals surface area contributed by atoms with Crippen LogP contribution in [0.2, 0.25) is 0 Å². The van der Waals surface area contributed by atoms with Gasteiger partial charge in [0.1, 0.15) is 10.6 Å². The van der Waals surface area contributed by atoms with Gasteiger partial charge in [-0.1, -0.05) is 12.1 Å². The van der Waals surface area contributed by atoms with Crippen LogP contribution in [0.1, 0.15) is 6.42 Å². The summed E-state index contributed by atoms with van der Waals surface area (Å²) in [4.78, 5) is 34.2. The maximum atomic E-state index is 12.6. The van der Waals surface area contributed by atoms with Crippen LogP contribution in [-0.4, -0.2) is 53.6 Å². The number of amides is 1. The van der Waals surface area contributed by atoms with Crippen molar-refractivity contribution in [3.05, 3.63) is 52.4 Å². The third-order valence-corrected chi connectivity index (χ3v) is 5.90. The van der Waals surface area contributed by atoms with Crippen LogP contribution in [0.5, 0.6) is 5.75 Å². The summed E-state index contributed by atoms with van der Waals surface area (Å²) in [5, 5.41) is 2.47. The molecule has 146 valence electrons. The summed E-state index contributed by atoms with van der Waals surface area (Å²) >= 11 is 1.45. The van der Waals surface area contributed by atoms with Crippen molar-refractivity contribution in [1.82, 2.24) is 14.5 Å². The Labute approximate surface area is 166 Å². The first-order chi connectivity index (χ1) is 13.7. The molecule has 0 saturated carbocycles. The Balaban J connectivity index is 1.35. The van der Waals surface area contributed by atoms with E-state index >= 15 is 0 Å². The molecule has 7 nitrogen and oxygen atoms in total. The van der Waals surface area contributed by atoms with Crippen molar-refractivity contribution < 1.29 is 9.53 Å². The van der Waals surface area contributed by atoms with Gasteiger partial charge < -0.3 is 14.5 Å². The zero-order valence-electron chi connectivity index (χ0n) is 15.7. The largest absolute Gasteiger partial charge is 0.495 e. The van der Waals surface area contributed by atoms with Gasteiger partial charge >= 0.3 is 0 Å². The highest BCUT2D eigenvalue weighted by Gasteiger charge is 2.22. The summed E-state index contributed by atoms with van der Waals surface area (Å²) in [6, 6.07) is 9.71. The van der Waals surface area contributed by atoms with Crippen LogP contribution < -0.4 is 15.2 Å². The minimum Gasteiger partial charge on any atom is -0.495 e. The second-order valence-electron chi connectivity index (χ2n) is 6.67. The number of methoxy groups -OCH3 is 1. The van der Waals surface area contributed by atoms with Gasteiger partial charge in [0.25, 0.3) is 5.56 Å². The van der Waals surface area contributed by atoms with E-state index in [0.29, 0.717) is 31.4 Å². The van der Waals surface area contributed by atoms with E-state index in [-0.39, 0.29) is 11.5 Å². The number of aryl methyl sites for hydroxylation is 1. The number of thiophene rings is 1. The van der Waals surface area contributed by atoms with E-state index in [2.05, 4.69) is 9.88 Å². The number of hydrogen-bond donors (Lipinski definition) is 0. The molecule has 1 fully saturated rings. The van der Waals surface area contributed by atoms with Crippen molar-refractivity contribution in [2.45, 2.75) is 13.0 Å². The van der Waals surface area contributed by atoms with Crippen LogP contribution in [0.3, 0.4) is 0 Å². The Morgan fingerprint density at radius 1 is 1.18 bits per heavy atom. The standard InChI is InChI=1S/C20H22N4O3S/c1-27-17-5-3-2-4-16(17)22-9-11-23(12-10-22)18(25)6-8-24-14-21-19-15(20(24)26)7-13-28-19/h2-5,7,13-14H,6,8-12H2,1H3. The number of hydrogen-bond acceptors (Lipinski definition) is 6. The number of carbonyl (C=O) groups is 1. The number of nitrogens with zero attached hydrogens (tertiary/aromatic N) is 4. The molecule has 3 heterocycles. The van der Waals surface area contributed by atoms with E-state index in [9.17, 15) is 9.59 Å². The van der Waals surface area contributed by atoms with Gasteiger partial charge in [-0.2, -0.15) is 0 Å². The van der Waals surface area contributed by atoms with Crippen molar-refractivity contribution in [3.63, 3.8) is 0 Å². The molecule has 1 saturated heterocycles. The van der Waals surface area contributed by atoms with Crippen LogP contribution in [0.4, 0.5) is 5.69 Å². The molecule has 4 rings (SSSR count). The molecule has 0 radical (unpaired) electrons. The maximum absolute atomic E-state index is 12.6. The molecule has 0 bridgehead atoms. The van der Waals surface area contributed by atoms with Crippen molar-refractivity contribution in [2.24, 2.45) is 0 Å². The molecule has 0 N–H and O–H groups in total. The van der Waals surface area contributed by atoms with Crippen molar-refractivity contribution in [1.29, 1.82) is 0 Å². The normalized spacial score (nSPS) is 14.5. The van der Waals surface area contributed by atoms with E-state index in [0.717, 1.165) is 29.4 Å². The van der Waals surface area contributed by atoms with Gasteiger partial charge in [-0.05, 0) is 23.6 Å². The number of para-hydroxylation sites is 2. The van der Waals surface area contributed by atoms with Gasteiger partial charge in [-0.15, -0.1) is 11.3 Å². The van der Waals surface area contributed by atoms with E-state index in [4.69, 9.17) is 4.74 Å². The number of aromatic nitrogens is 2. The Morgan fingerprint density at radius 2 is 1.96 bits per heavy atom. The Hall–Kier alpha value is -2.87. The van der Waals surface area contributed by atoms with Crippen molar-refractivity contribution in [2.75, 3.05) is 38.2 Å². The Kier molecular flexibility index (Phi) is 5.29. The highest BCUT2D eigenvalue weighted by molar-refractivity contribution is 7.16. The highest BCUT2D eigenvalue weighted by Crippen LogP contribution is 2.28. The number of anilines is 1. The molecule has 0 unspecified atom stereocenters. The molecule has 1 aliphatic heterocycles. The number of ether oxygens (including phenoxy) is 1. The second-order valence-corrected chi connectivity index (χ2v) is 7.57. The monoisotopic (exact) mass is 398 g/mol. The van der Waals surface area contributed by atoms with Gasteiger partial charge in [0.05, 0.1) is 24.5 Å². The van der Waals surface area contributed by atoms with Crippen LogP contribution in [0, 0.1) is 0 Å². The van der Waals surface area contributed by atoms with Gasteiger partial charge in [-0.25, -0.2) is 4.98 Å². The fourth-order valence-electron chi connectivity index (χ4n) is 3.51. The smallest absolute Gasteiger partial charge is 0.262 e. The molecule has 8 heteroatoms. The van der Waals surface area contributed by atoms with Crippen LogP contribution in [0.25, 0.3) is 10.2 Å². The summed E-state index contributed by atoms with van der Waals surface area (Å²) in [6.45, 7) is 3.19. The molecule has 28 heavy (non-hydrogen) atoms. The summed E-state index contributed by atoms with van der Waals surface area (Å²) in [6.07, 6.45) is 1.83. The summed E-state index contributed by atoms with van der Waals surface area (Å²) in [5.41, 5.74) is 0.971. The summed E-state index contributed by atoms with van der Waals surface area (Å²) in [7, 11) is 1.67. The molecule has 0 aliphatic carbocycles. The number of rotatable bonds is 5. The third kappa shape index (κ3) is 3.60. The minimum absolute atomic E-state index is 0.0667. The van der Waals surface area contributed by atoms with Crippen molar-refractivity contribution in [3.8, 4) is 5.75 Å². The Bertz CT molecular complexity index is 1040. The Morgan fingerprint density at radius 3 is 2.75 bits per heavy atom. The molecular formula is C20H22N4O3S. The van der Waals surface area contributed by atoms with E-state index in [1.54, 1.807) is 13.2 Å². The fraction of sp³-hybridized carbons (Fsp3) is 0.350. The SMILES string of the molecule is COc1ccccc1N1CCN(C(=O)CCn2cnc3sccc3c2=O)CC1. The summed E-state index contributed by atoms with van der Waals surface area (Å²) in [5.74, 6) is 0.912. The number of fused-ring (bicyclic) bond motifs is 1. The van der Waals surface area contributed by atoms with Crippen molar-refractivity contribution >= 4 is 33.1 Å². The third-order valence-electron chi connectivity index (χ3n) is 5.08. The molecule has 1 aromatic carbocycles. The van der Waals surface area contributed by atoms with Crippen LogP contribution in [0.15, 0.2) is 46.8 Å². The first-order valence-corrected chi connectivity index (χ1v) is 10.1. The fourth-order valence-corrected chi connectivity index (χ4v) is 4.24. The minimum atomic E-state index is -0.0833. The van der Waals surface area contributed by atoms with Gasteiger partial charge in [0, 0.05) is 39.1 Å². The van der Waals surface area contributed by atoms with E-state index in [1.807, 2.05) is 34.5 Å².